The molecule has 0 saturated carbocycles. The number of carboxylic acids is 1. The van der Waals surface area contributed by atoms with Gasteiger partial charge in [-0.1, -0.05) is 0 Å². The number of carboxylic acid groups (broad SMARTS) is 1. The van der Waals surface area contributed by atoms with Crippen LogP contribution in [0.2, 0.25) is 0 Å². The van der Waals surface area contributed by atoms with E-state index in [-0.39, 0.29) is 10.8 Å². The molecule has 0 aliphatic heterocycles. The van der Waals surface area contributed by atoms with Gasteiger partial charge in [-0.2, -0.15) is 5.10 Å². The second-order valence-electron chi connectivity index (χ2n) is 3.93. The van der Waals surface area contributed by atoms with Crippen LogP contribution in [0.3, 0.4) is 0 Å². The van der Waals surface area contributed by atoms with Crippen LogP contribution in [0.4, 0.5) is 5.82 Å². The van der Waals surface area contributed by atoms with Crippen molar-refractivity contribution in [2.75, 3.05) is 5.32 Å². The van der Waals surface area contributed by atoms with Crippen molar-refractivity contribution in [2.24, 2.45) is 0 Å². The fraction of sp³-hybridized carbons (Fsp3) is 0. The van der Waals surface area contributed by atoms with E-state index in [9.17, 15) is 9.59 Å². The second kappa shape index (κ2) is 4.74. The topological polar surface area (TPSA) is 108 Å². The third-order valence-electron chi connectivity index (χ3n) is 2.62. The van der Waals surface area contributed by atoms with Crippen molar-refractivity contribution in [3.05, 3.63) is 41.0 Å². The highest BCUT2D eigenvalue weighted by molar-refractivity contribution is 7.20. The Bertz CT molecular complexity index is 794. The molecule has 3 aromatic rings. The van der Waals surface area contributed by atoms with E-state index in [4.69, 9.17) is 5.11 Å². The fourth-order valence-corrected chi connectivity index (χ4v) is 2.53. The molecule has 0 aliphatic rings. The van der Waals surface area contributed by atoms with Gasteiger partial charge in [0, 0.05) is 12.4 Å². The summed E-state index contributed by atoms with van der Waals surface area (Å²) in [5, 5.41) is 18.8. The monoisotopic (exact) mass is 288 g/mol. The molecule has 0 saturated heterocycles. The number of amides is 1. The van der Waals surface area contributed by atoms with Crippen LogP contribution in [0.15, 0.2) is 30.6 Å². The number of carbonyl (C=O) groups is 2. The van der Waals surface area contributed by atoms with Crippen LogP contribution in [0.5, 0.6) is 0 Å². The summed E-state index contributed by atoms with van der Waals surface area (Å²) < 4.78 is 0. The number of rotatable bonds is 3. The Morgan fingerprint density at radius 2 is 2.25 bits per heavy atom. The zero-order valence-corrected chi connectivity index (χ0v) is 10.8. The number of hydrogen-bond acceptors (Lipinski definition) is 5. The van der Waals surface area contributed by atoms with Gasteiger partial charge in [0.2, 0.25) is 0 Å². The van der Waals surface area contributed by atoms with Crippen molar-refractivity contribution in [1.29, 1.82) is 0 Å². The molecule has 0 spiro atoms. The van der Waals surface area contributed by atoms with Crippen LogP contribution in [-0.4, -0.2) is 32.2 Å². The van der Waals surface area contributed by atoms with Gasteiger partial charge in [0.25, 0.3) is 5.91 Å². The molecule has 1 amide bonds. The molecule has 0 unspecified atom stereocenters. The van der Waals surface area contributed by atoms with Gasteiger partial charge in [-0.3, -0.25) is 14.9 Å². The number of thiophene rings is 1. The van der Waals surface area contributed by atoms with Crippen molar-refractivity contribution in [3.8, 4) is 0 Å². The molecular weight excluding hydrogens is 280 g/mol. The van der Waals surface area contributed by atoms with Crippen LogP contribution in [0.1, 0.15) is 20.0 Å². The largest absolute Gasteiger partial charge is 0.477 e. The molecule has 7 nitrogen and oxygen atoms in total. The van der Waals surface area contributed by atoms with Crippen LogP contribution in [0.25, 0.3) is 10.2 Å². The fourth-order valence-electron chi connectivity index (χ4n) is 1.69. The van der Waals surface area contributed by atoms with Crippen LogP contribution >= 0.6 is 11.3 Å². The molecule has 3 rings (SSSR count). The number of carbonyl (C=O) groups excluding carboxylic acids is 1. The van der Waals surface area contributed by atoms with Gasteiger partial charge < -0.3 is 10.4 Å². The quantitative estimate of drug-likeness (QED) is 0.683. The number of aromatic amines is 1. The Morgan fingerprint density at radius 1 is 1.40 bits per heavy atom. The van der Waals surface area contributed by atoms with Crippen LogP contribution in [0, 0.1) is 0 Å². The highest BCUT2D eigenvalue weighted by Gasteiger charge is 2.16. The lowest BCUT2D eigenvalue weighted by atomic mass is 10.2. The van der Waals surface area contributed by atoms with Crippen LogP contribution < -0.4 is 5.32 Å². The Balaban J connectivity index is 1.91. The van der Waals surface area contributed by atoms with E-state index >= 15 is 0 Å². The Kier molecular flexibility index (Phi) is 2.92. The number of hydrogen-bond donors (Lipinski definition) is 3. The minimum atomic E-state index is -1.02. The molecule has 3 heterocycles. The SMILES string of the molecule is O=C(Nc1[nH]nc2sc(C(=O)O)cc12)c1cccnc1. The standard InChI is InChI=1S/C12H8N4O3S/c17-10(6-2-1-3-13-5-6)14-9-7-4-8(12(18)19)20-11(7)16-15-9/h1-5H,(H,18,19)(H2,14,15,16,17). The summed E-state index contributed by atoms with van der Waals surface area (Å²) in [6.45, 7) is 0. The first-order chi connectivity index (χ1) is 9.65. The lowest BCUT2D eigenvalue weighted by Crippen LogP contribution is -2.12. The van der Waals surface area contributed by atoms with Crippen molar-refractivity contribution in [2.45, 2.75) is 0 Å². The summed E-state index contributed by atoms with van der Waals surface area (Å²) in [5.74, 6) is -0.984. The minimum absolute atomic E-state index is 0.174. The number of fused-ring (bicyclic) bond motifs is 1. The first-order valence-electron chi connectivity index (χ1n) is 5.58. The Labute approximate surface area is 116 Å². The van der Waals surface area contributed by atoms with Gasteiger partial charge in [0.15, 0.2) is 0 Å². The second-order valence-corrected chi connectivity index (χ2v) is 4.96. The van der Waals surface area contributed by atoms with Gasteiger partial charge in [0.1, 0.15) is 15.5 Å². The maximum absolute atomic E-state index is 12.0. The molecule has 0 aliphatic carbocycles. The zero-order chi connectivity index (χ0) is 14.1. The van der Waals surface area contributed by atoms with Crippen molar-refractivity contribution >= 4 is 39.2 Å². The first kappa shape index (κ1) is 12.3. The van der Waals surface area contributed by atoms with Gasteiger partial charge in [-0.25, -0.2) is 4.79 Å². The summed E-state index contributed by atoms with van der Waals surface area (Å²) in [6, 6.07) is 4.77. The molecule has 20 heavy (non-hydrogen) atoms. The van der Waals surface area contributed by atoms with E-state index < -0.39 is 5.97 Å². The Morgan fingerprint density at radius 3 is 2.95 bits per heavy atom. The third kappa shape index (κ3) is 2.12. The molecule has 3 aromatic heterocycles. The number of H-pyrrole nitrogens is 1. The van der Waals surface area contributed by atoms with Gasteiger partial charge >= 0.3 is 5.97 Å². The summed E-state index contributed by atoms with van der Waals surface area (Å²) in [6.07, 6.45) is 3.02. The van der Waals surface area contributed by atoms with Crippen molar-refractivity contribution < 1.29 is 14.7 Å². The number of nitrogens with one attached hydrogen (secondary N) is 2. The van der Waals surface area contributed by atoms with E-state index in [2.05, 4.69) is 20.5 Å². The Hall–Kier alpha value is -2.74. The molecule has 8 heteroatoms. The number of aromatic carboxylic acids is 1. The molecule has 0 fully saturated rings. The van der Waals surface area contributed by atoms with Gasteiger partial charge in [0.05, 0.1) is 10.9 Å². The number of anilines is 1. The summed E-state index contributed by atoms with van der Waals surface area (Å²) in [4.78, 5) is 27.5. The van der Waals surface area contributed by atoms with Gasteiger partial charge in [-0.05, 0) is 18.2 Å². The molecule has 0 radical (unpaired) electrons. The number of aromatic nitrogens is 3. The normalized spacial score (nSPS) is 10.6. The molecule has 100 valence electrons. The predicted molar refractivity (Wildman–Crippen MR) is 73.1 cm³/mol. The maximum atomic E-state index is 12.0. The van der Waals surface area contributed by atoms with E-state index in [1.54, 1.807) is 18.3 Å². The van der Waals surface area contributed by atoms with E-state index in [1.165, 1.54) is 12.3 Å². The molecule has 0 atom stereocenters. The average molecular weight is 288 g/mol. The van der Waals surface area contributed by atoms with Crippen molar-refractivity contribution in [1.82, 2.24) is 15.2 Å². The number of pyridine rings is 1. The molecule has 3 N–H and O–H groups in total. The lowest BCUT2D eigenvalue weighted by molar-refractivity contribution is 0.0702. The molecular formula is C12H8N4O3S. The van der Waals surface area contributed by atoms with Crippen molar-refractivity contribution in [3.63, 3.8) is 0 Å². The first-order valence-corrected chi connectivity index (χ1v) is 6.39. The van der Waals surface area contributed by atoms with E-state index in [1.807, 2.05) is 0 Å². The third-order valence-corrected chi connectivity index (χ3v) is 3.64. The highest BCUT2D eigenvalue weighted by atomic mass is 32.1. The average Bonchev–Trinajstić information content (AvgIpc) is 3.02. The van der Waals surface area contributed by atoms with Gasteiger partial charge in [-0.15, -0.1) is 11.3 Å². The summed E-state index contributed by atoms with van der Waals surface area (Å²) in [5.41, 5.74) is 0.406. The maximum Gasteiger partial charge on any atom is 0.345 e. The summed E-state index contributed by atoms with van der Waals surface area (Å²) in [7, 11) is 0. The lowest BCUT2D eigenvalue weighted by Gasteiger charge is -2.01. The zero-order valence-electron chi connectivity index (χ0n) is 9.95. The van der Waals surface area contributed by atoms with E-state index in [0.29, 0.717) is 21.6 Å². The van der Waals surface area contributed by atoms with E-state index in [0.717, 1.165) is 11.3 Å². The minimum Gasteiger partial charge on any atom is -0.477 e. The highest BCUT2D eigenvalue weighted by Crippen LogP contribution is 2.29. The van der Waals surface area contributed by atoms with Crippen LogP contribution in [-0.2, 0) is 0 Å². The number of nitrogens with zero attached hydrogens (tertiary/aromatic N) is 2. The predicted octanol–water partition coefficient (Wildman–Crippen LogP) is 1.97. The molecule has 0 aromatic carbocycles. The smallest absolute Gasteiger partial charge is 0.345 e. The summed E-state index contributed by atoms with van der Waals surface area (Å²) >= 11 is 1.04. The molecule has 0 bridgehead atoms.